The summed E-state index contributed by atoms with van der Waals surface area (Å²) in [6.07, 6.45) is 0. The van der Waals surface area contributed by atoms with E-state index in [0.717, 1.165) is 6.07 Å². The van der Waals surface area contributed by atoms with Crippen molar-refractivity contribution in [2.24, 2.45) is 0 Å². The normalized spacial score (nSPS) is 17.1. The van der Waals surface area contributed by atoms with Gasteiger partial charge in [0, 0.05) is 22.9 Å². The Morgan fingerprint density at radius 2 is 1.78 bits per heavy atom. The lowest BCUT2D eigenvalue weighted by Gasteiger charge is -2.23. The second-order valence-corrected chi connectivity index (χ2v) is 7.25. The molecule has 1 heterocycles. The first-order valence-electron chi connectivity index (χ1n) is 9.80. The lowest BCUT2D eigenvalue weighted by Crippen LogP contribution is -2.44. The van der Waals surface area contributed by atoms with Crippen molar-refractivity contribution in [2.75, 3.05) is 31.0 Å². The van der Waals surface area contributed by atoms with Crippen molar-refractivity contribution in [3.8, 4) is 11.5 Å². The Kier molecular flexibility index (Phi) is 5.54. The Morgan fingerprint density at radius 1 is 1.03 bits per heavy atom. The fourth-order valence-corrected chi connectivity index (χ4v) is 3.84. The Labute approximate surface area is 184 Å². The van der Waals surface area contributed by atoms with Crippen molar-refractivity contribution in [1.82, 2.24) is 0 Å². The first-order valence-corrected chi connectivity index (χ1v) is 9.80. The molecule has 164 valence electrons. The zero-order chi connectivity index (χ0) is 22.9. The van der Waals surface area contributed by atoms with Crippen molar-refractivity contribution < 1.29 is 28.6 Å². The molecule has 3 aromatic rings. The van der Waals surface area contributed by atoms with Gasteiger partial charge in [-0.1, -0.05) is 30.3 Å². The zero-order valence-electron chi connectivity index (χ0n) is 17.5. The Hall–Kier alpha value is -3.91. The van der Waals surface area contributed by atoms with Gasteiger partial charge in [-0.05, 0) is 30.3 Å². The fraction of sp³-hybridized carbons (Fsp3) is 0.167. The third kappa shape index (κ3) is 3.54. The standard InChI is InChI=1S/C24H21FN2O5/c1-31-20-11-10-17(13-21(20)32-2)26-22(28)14-27-19-9-4-3-8-18(19)24(30,23(27)29)15-6-5-7-16(25)12-15/h3-13,30H,14H2,1-2H3,(H,26,28). The van der Waals surface area contributed by atoms with E-state index in [4.69, 9.17) is 9.47 Å². The molecule has 0 aromatic heterocycles. The topological polar surface area (TPSA) is 88.1 Å². The molecule has 2 N–H and O–H groups in total. The number of aliphatic hydroxyl groups is 1. The smallest absolute Gasteiger partial charge is 0.268 e. The van der Waals surface area contributed by atoms with Gasteiger partial charge in [-0.15, -0.1) is 0 Å². The van der Waals surface area contributed by atoms with Crippen LogP contribution >= 0.6 is 0 Å². The van der Waals surface area contributed by atoms with Gasteiger partial charge in [-0.3, -0.25) is 14.5 Å². The maximum Gasteiger partial charge on any atom is 0.268 e. The quantitative estimate of drug-likeness (QED) is 0.620. The number of anilines is 2. The SMILES string of the molecule is COc1ccc(NC(=O)CN2C(=O)C(O)(c3cccc(F)c3)c3ccccc32)cc1OC. The number of amides is 2. The van der Waals surface area contributed by atoms with Gasteiger partial charge in [-0.2, -0.15) is 0 Å². The number of nitrogens with one attached hydrogen (secondary N) is 1. The molecule has 0 radical (unpaired) electrons. The molecular weight excluding hydrogens is 415 g/mol. The molecule has 7 nitrogen and oxygen atoms in total. The molecule has 1 unspecified atom stereocenters. The van der Waals surface area contributed by atoms with Gasteiger partial charge in [0.25, 0.3) is 5.91 Å². The lowest BCUT2D eigenvalue weighted by atomic mass is 9.87. The largest absolute Gasteiger partial charge is 0.493 e. The van der Waals surface area contributed by atoms with E-state index in [0.29, 0.717) is 22.9 Å². The summed E-state index contributed by atoms with van der Waals surface area (Å²) in [7, 11) is 2.99. The maximum absolute atomic E-state index is 13.8. The minimum Gasteiger partial charge on any atom is -0.493 e. The van der Waals surface area contributed by atoms with E-state index in [2.05, 4.69) is 5.32 Å². The summed E-state index contributed by atoms with van der Waals surface area (Å²) in [6.45, 7) is -0.345. The summed E-state index contributed by atoms with van der Waals surface area (Å²) >= 11 is 0. The molecule has 0 saturated carbocycles. The van der Waals surface area contributed by atoms with E-state index < -0.39 is 23.2 Å². The van der Waals surface area contributed by atoms with E-state index in [1.54, 1.807) is 42.5 Å². The molecule has 8 heteroatoms. The average molecular weight is 436 g/mol. The number of benzene rings is 3. The Morgan fingerprint density at radius 3 is 2.50 bits per heavy atom. The van der Waals surface area contributed by atoms with Crippen LogP contribution in [0.25, 0.3) is 0 Å². The molecule has 2 amide bonds. The molecular formula is C24H21FN2O5. The highest BCUT2D eigenvalue weighted by molar-refractivity contribution is 6.12. The minimum absolute atomic E-state index is 0.0951. The number of hydrogen-bond acceptors (Lipinski definition) is 5. The molecule has 0 bridgehead atoms. The van der Waals surface area contributed by atoms with Crippen LogP contribution in [0.5, 0.6) is 11.5 Å². The molecule has 32 heavy (non-hydrogen) atoms. The molecule has 4 rings (SSSR count). The van der Waals surface area contributed by atoms with Crippen LogP contribution in [0.2, 0.25) is 0 Å². The number of rotatable bonds is 6. The lowest BCUT2D eigenvalue weighted by molar-refractivity contribution is -0.133. The first-order chi connectivity index (χ1) is 15.4. The van der Waals surface area contributed by atoms with Gasteiger partial charge in [0.2, 0.25) is 5.91 Å². The molecule has 1 atom stereocenters. The van der Waals surface area contributed by atoms with Crippen molar-refractivity contribution in [2.45, 2.75) is 5.60 Å². The minimum atomic E-state index is -2.09. The van der Waals surface area contributed by atoms with Gasteiger partial charge in [0.1, 0.15) is 12.4 Å². The van der Waals surface area contributed by atoms with E-state index >= 15 is 0 Å². The van der Waals surface area contributed by atoms with Gasteiger partial charge < -0.3 is 19.9 Å². The summed E-state index contributed by atoms with van der Waals surface area (Å²) < 4.78 is 24.3. The maximum atomic E-state index is 13.8. The van der Waals surface area contributed by atoms with Crippen LogP contribution < -0.4 is 19.7 Å². The summed E-state index contributed by atoms with van der Waals surface area (Å²) in [5, 5.41) is 14.1. The molecule has 0 spiro atoms. The van der Waals surface area contributed by atoms with Gasteiger partial charge >= 0.3 is 0 Å². The number of methoxy groups -OCH3 is 2. The number of carbonyl (C=O) groups excluding carboxylic acids is 2. The molecule has 0 aliphatic carbocycles. The summed E-state index contributed by atoms with van der Waals surface area (Å²) in [4.78, 5) is 27.3. The van der Waals surface area contributed by atoms with Crippen LogP contribution in [0.1, 0.15) is 11.1 Å². The molecule has 3 aromatic carbocycles. The van der Waals surface area contributed by atoms with Crippen LogP contribution in [-0.2, 0) is 15.2 Å². The van der Waals surface area contributed by atoms with Crippen molar-refractivity contribution in [1.29, 1.82) is 0 Å². The summed E-state index contributed by atoms with van der Waals surface area (Å²) in [6, 6.07) is 16.7. The number of para-hydroxylation sites is 1. The summed E-state index contributed by atoms with van der Waals surface area (Å²) in [5.74, 6) is -0.843. The number of halogens is 1. The van der Waals surface area contributed by atoms with E-state index in [1.807, 2.05) is 0 Å². The number of hydrogen-bond donors (Lipinski definition) is 2. The van der Waals surface area contributed by atoms with Crippen LogP contribution in [0.3, 0.4) is 0 Å². The summed E-state index contributed by atoms with van der Waals surface area (Å²) in [5.41, 5.74) is -0.880. The van der Waals surface area contributed by atoms with Crippen LogP contribution in [0, 0.1) is 5.82 Å². The highest BCUT2D eigenvalue weighted by Gasteiger charge is 2.51. The highest BCUT2D eigenvalue weighted by atomic mass is 19.1. The molecule has 0 fully saturated rings. The fourth-order valence-electron chi connectivity index (χ4n) is 3.84. The third-order valence-electron chi connectivity index (χ3n) is 5.35. The monoisotopic (exact) mass is 436 g/mol. The van der Waals surface area contributed by atoms with Crippen LogP contribution in [-0.4, -0.2) is 37.7 Å². The van der Waals surface area contributed by atoms with E-state index in [9.17, 15) is 19.1 Å². The second-order valence-electron chi connectivity index (χ2n) is 7.25. The zero-order valence-corrected chi connectivity index (χ0v) is 17.5. The molecule has 1 aliphatic rings. The van der Waals surface area contributed by atoms with Crippen molar-refractivity contribution >= 4 is 23.2 Å². The second kappa shape index (κ2) is 8.32. The average Bonchev–Trinajstić information content (AvgIpc) is 3.02. The molecule has 0 saturated heterocycles. The van der Waals surface area contributed by atoms with Gasteiger partial charge in [0.05, 0.1) is 19.9 Å². The van der Waals surface area contributed by atoms with E-state index in [-0.39, 0.29) is 17.7 Å². The van der Waals surface area contributed by atoms with Gasteiger partial charge in [-0.25, -0.2) is 4.39 Å². The highest BCUT2D eigenvalue weighted by Crippen LogP contribution is 2.44. The predicted octanol–water partition coefficient (Wildman–Crippen LogP) is 3.06. The predicted molar refractivity (Wildman–Crippen MR) is 116 cm³/mol. The van der Waals surface area contributed by atoms with Crippen LogP contribution in [0.4, 0.5) is 15.8 Å². The Balaban J connectivity index is 1.62. The van der Waals surface area contributed by atoms with Crippen molar-refractivity contribution in [3.63, 3.8) is 0 Å². The number of ether oxygens (including phenoxy) is 2. The first kappa shape index (κ1) is 21.3. The Bertz CT molecular complexity index is 1200. The number of carbonyl (C=O) groups is 2. The third-order valence-corrected chi connectivity index (χ3v) is 5.35. The van der Waals surface area contributed by atoms with Crippen molar-refractivity contribution in [3.05, 3.63) is 83.7 Å². The van der Waals surface area contributed by atoms with Crippen LogP contribution in [0.15, 0.2) is 66.7 Å². The van der Waals surface area contributed by atoms with E-state index in [1.165, 1.54) is 37.3 Å². The number of fused-ring (bicyclic) bond motifs is 1. The van der Waals surface area contributed by atoms with Gasteiger partial charge in [0.15, 0.2) is 17.1 Å². The molecule has 1 aliphatic heterocycles. The number of nitrogens with zero attached hydrogens (tertiary/aromatic N) is 1.